The van der Waals surface area contributed by atoms with Crippen LogP contribution in [0, 0.1) is 6.92 Å². The highest BCUT2D eigenvalue weighted by Crippen LogP contribution is 2.48. The first-order valence-electron chi connectivity index (χ1n) is 6.68. The summed E-state index contributed by atoms with van der Waals surface area (Å²) < 4.78 is 22.8. The molecule has 1 rings (SSSR count). The Labute approximate surface area is 115 Å². The highest BCUT2D eigenvalue weighted by atomic mass is 31.2. The van der Waals surface area contributed by atoms with Crippen molar-refractivity contribution >= 4 is 7.60 Å². The minimum Gasteiger partial charge on any atom is -0.327 e. The topological polar surface area (TPSA) is 61.5 Å². The second kappa shape index (κ2) is 7.81. The fourth-order valence-corrected chi connectivity index (χ4v) is 3.69. The van der Waals surface area contributed by atoms with Crippen LogP contribution in [-0.4, -0.2) is 25.4 Å². The maximum atomic E-state index is 12.3. The number of rotatable bonds is 8. The Balaban J connectivity index is 2.59. The maximum Gasteiger partial charge on any atom is 0.332 e. The summed E-state index contributed by atoms with van der Waals surface area (Å²) in [7, 11) is -3.05. The van der Waals surface area contributed by atoms with Gasteiger partial charge in [-0.3, -0.25) is 4.57 Å². The van der Waals surface area contributed by atoms with Crippen molar-refractivity contribution in [2.75, 3.05) is 19.4 Å². The lowest BCUT2D eigenvalue weighted by Crippen LogP contribution is -2.28. The standard InChI is InChI=1S/C14H24NO3P/c1-4-17-19(16,18-5-2)11-14(15)10-13-8-6-12(3)7-9-13/h6-9,14H,4-5,10-11,15H2,1-3H3. The monoisotopic (exact) mass is 285 g/mol. The van der Waals surface area contributed by atoms with Crippen LogP contribution in [0.5, 0.6) is 0 Å². The molecule has 0 radical (unpaired) electrons. The third kappa shape index (κ3) is 5.87. The van der Waals surface area contributed by atoms with Crippen molar-refractivity contribution in [3.8, 4) is 0 Å². The van der Waals surface area contributed by atoms with Crippen molar-refractivity contribution in [3.05, 3.63) is 35.4 Å². The van der Waals surface area contributed by atoms with Crippen LogP contribution in [0.1, 0.15) is 25.0 Å². The van der Waals surface area contributed by atoms with Crippen LogP contribution >= 0.6 is 7.60 Å². The second-order valence-corrected chi connectivity index (χ2v) is 6.68. The Morgan fingerprint density at radius 1 is 1.16 bits per heavy atom. The second-order valence-electron chi connectivity index (χ2n) is 4.58. The molecule has 0 bridgehead atoms. The van der Waals surface area contributed by atoms with Gasteiger partial charge in [0.2, 0.25) is 0 Å². The lowest BCUT2D eigenvalue weighted by atomic mass is 10.1. The highest BCUT2D eigenvalue weighted by Gasteiger charge is 2.26. The summed E-state index contributed by atoms with van der Waals surface area (Å²) in [6.07, 6.45) is 0.924. The van der Waals surface area contributed by atoms with Gasteiger partial charge < -0.3 is 14.8 Å². The fraction of sp³-hybridized carbons (Fsp3) is 0.571. The van der Waals surface area contributed by atoms with Crippen molar-refractivity contribution in [1.29, 1.82) is 0 Å². The lowest BCUT2D eigenvalue weighted by Gasteiger charge is -2.20. The van der Waals surface area contributed by atoms with E-state index in [9.17, 15) is 4.57 Å². The molecule has 0 spiro atoms. The largest absolute Gasteiger partial charge is 0.332 e. The van der Waals surface area contributed by atoms with E-state index in [4.69, 9.17) is 14.8 Å². The van der Waals surface area contributed by atoms with E-state index in [1.54, 1.807) is 13.8 Å². The van der Waals surface area contributed by atoms with E-state index >= 15 is 0 Å². The third-order valence-corrected chi connectivity index (χ3v) is 4.95. The van der Waals surface area contributed by atoms with Crippen molar-refractivity contribution < 1.29 is 13.6 Å². The smallest absolute Gasteiger partial charge is 0.327 e. The summed E-state index contributed by atoms with van der Waals surface area (Å²) >= 11 is 0. The molecule has 1 aromatic carbocycles. The van der Waals surface area contributed by atoms with Gasteiger partial charge in [-0.2, -0.15) is 0 Å². The molecule has 19 heavy (non-hydrogen) atoms. The van der Waals surface area contributed by atoms with Crippen molar-refractivity contribution in [1.82, 2.24) is 0 Å². The molecule has 0 aliphatic heterocycles. The molecule has 1 atom stereocenters. The minimum atomic E-state index is -3.05. The van der Waals surface area contributed by atoms with Gasteiger partial charge >= 0.3 is 7.60 Å². The first kappa shape index (κ1) is 16.4. The zero-order valence-electron chi connectivity index (χ0n) is 12.0. The van der Waals surface area contributed by atoms with Crippen LogP contribution in [0.15, 0.2) is 24.3 Å². The molecule has 0 aliphatic carbocycles. The van der Waals surface area contributed by atoms with Gasteiger partial charge in [-0.15, -0.1) is 0 Å². The molecule has 1 unspecified atom stereocenters. The summed E-state index contributed by atoms with van der Waals surface area (Å²) in [5, 5.41) is 0. The van der Waals surface area contributed by atoms with Gasteiger partial charge in [0, 0.05) is 6.04 Å². The quantitative estimate of drug-likeness (QED) is 0.745. The summed E-state index contributed by atoms with van der Waals surface area (Å²) in [6, 6.07) is 7.95. The summed E-state index contributed by atoms with van der Waals surface area (Å²) in [6.45, 7) is 6.39. The van der Waals surface area contributed by atoms with Gasteiger partial charge in [0.1, 0.15) is 0 Å². The van der Waals surface area contributed by atoms with Crippen LogP contribution in [0.25, 0.3) is 0 Å². The highest BCUT2D eigenvalue weighted by molar-refractivity contribution is 7.53. The Bertz CT molecular complexity index is 409. The van der Waals surface area contributed by atoms with Gasteiger partial charge in [-0.05, 0) is 32.8 Å². The van der Waals surface area contributed by atoms with Gasteiger partial charge in [0.25, 0.3) is 0 Å². The predicted molar refractivity (Wildman–Crippen MR) is 78.6 cm³/mol. The predicted octanol–water partition coefficient (Wildman–Crippen LogP) is 3.13. The van der Waals surface area contributed by atoms with Crippen molar-refractivity contribution in [2.45, 2.75) is 33.2 Å². The van der Waals surface area contributed by atoms with Gasteiger partial charge in [-0.1, -0.05) is 29.8 Å². The van der Waals surface area contributed by atoms with Crippen LogP contribution in [0.2, 0.25) is 0 Å². The van der Waals surface area contributed by atoms with Crippen molar-refractivity contribution in [2.24, 2.45) is 5.73 Å². The molecule has 0 heterocycles. The van der Waals surface area contributed by atoms with E-state index in [1.807, 2.05) is 31.2 Å². The van der Waals surface area contributed by atoms with E-state index in [0.29, 0.717) is 19.6 Å². The maximum absolute atomic E-state index is 12.3. The van der Waals surface area contributed by atoms with Gasteiger partial charge in [-0.25, -0.2) is 0 Å². The first-order chi connectivity index (χ1) is 8.99. The van der Waals surface area contributed by atoms with Gasteiger partial charge in [0.15, 0.2) is 0 Å². The van der Waals surface area contributed by atoms with Crippen LogP contribution in [0.3, 0.4) is 0 Å². The molecule has 5 heteroatoms. The molecular formula is C14H24NO3P. The zero-order valence-corrected chi connectivity index (χ0v) is 12.9. The van der Waals surface area contributed by atoms with Crippen LogP contribution in [-0.2, 0) is 20.0 Å². The van der Waals surface area contributed by atoms with E-state index in [2.05, 4.69) is 0 Å². The summed E-state index contributed by atoms with van der Waals surface area (Å²) in [5.74, 6) is 0. The minimum absolute atomic E-state index is 0.230. The number of hydrogen-bond acceptors (Lipinski definition) is 4. The van der Waals surface area contributed by atoms with E-state index in [1.165, 1.54) is 5.56 Å². The van der Waals surface area contributed by atoms with Crippen LogP contribution in [0.4, 0.5) is 0 Å². The van der Waals surface area contributed by atoms with E-state index in [0.717, 1.165) is 5.56 Å². The molecule has 108 valence electrons. The molecule has 0 saturated heterocycles. The molecule has 0 saturated carbocycles. The lowest BCUT2D eigenvalue weighted by molar-refractivity contribution is 0.218. The van der Waals surface area contributed by atoms with Gasteiger partial charge in [0.05, 0.1) is 19.4 Å². The molecule has 4 nitrogen and oxygen atoms in total. The Kier molecular flexibility index (Phi) is 6.73. The van der Waals surface area contributed by atoms with E-state index < -0.39 is 7.60 Å². The molecule has 1 aromatic rings. The molecular weight excluding hydrogens is 261 g/mol. The molecule has 0 aromatic heterocycles. The Morgan fingerprint density at radius 2 is 1.68 bits per heavy atom. The fourth-order valence-electron chi connectivity index (χ4n) is 1.91. The van der Waals surface area contributed by atoms with Crippen molar-refractivity contribution in [3.63, 3.8) is 0 Å². The summed E-state index contributed by atoms with van der Waals surface area (Å²) in [4.78, 5) is 0. The van der Waals surface area contributed by atoms with Crippen LogP contribution < -0.4 is 5.73 Å². The Hall–Kier alpha value is -0.670. The number of aryl methyl sites for hydroxylation is 1. The Morgan fingerprint density at radius 3 is 2.16 bits per heavy atom. The zero-order chi connectivity index (χ0) is 14.3. The molecule has 0 aliphatic rings. The number of nitrogens with two attached hydrogens (primary N) is 1. The molecule has 0 fully saturated rings. The SMILES string of the molecule is CCOP(=O)(CC(N)Cc1ccc(C)cc1)OCC. The number of hydrogen-bond donors (Lipinski definition) is 1. The first-order valence-corrected chi connectivity index (χ1v) is 8.41. The average molecular weight is 285 g/mol. The molecule has 0 amide bonds. The molecule has 2 N–H and O–H groups in total. The number of benzene rings is 1. The normalized spacial score (nSPS) is 13.5. The van der Waals surface area contributed by atoms with E-state index in [-0.39, 0.29) is 12.2 Å². The average Bonchev–Trinajstić information content (AvgIpc) is 2.32. The summed E-state index contributed by atoms with van der Waals surface area (Å²) in [5.41, 5.74) is 8.41. The third-order valence-electron chi connectivity index (χ3n) is 2.73.